The molecule has 0 radical (unpaired) electrons. The van der Waals surface area contributed by atoms with Crippen LogP contribution in [0.5, 0.6) is 0 Å². The molecule has 0 amide bonds. The molecular formula is C11H16O6. The van der Waals surface area contributed by atoms with Gasteiger partial charge in [-0.25, -0.2) is 0 Å². The summed E-state index contributed by atoms with van der Waals surface area (Å²) >= 11 is 0. The molecule has 6 nitrogen and oxygen atoms in total. The van der Waals surface area contributed by atoms with Gasteiger partial charge < -0.3 is 15.3 Å². The predicted octanol–water partition coefficient (Wildman–Crippen LogP) is 1.05. The minimum Gasteiger partial charge on any atom is -0.481 e. The number of carboxylic acid groups (broad SMARTS) is 3. The second-order valence-corrected chi connectivity index (χ2v) is 5.19. The molecular weight excluding hydrogens is 228 g/mol. The molecule has 1 saturated carbocycles. The molecule has 3 N–H and O–H groups in total. The van der Waals surface area contributed by atoms with Gasteiger partial charge in [0, 0.05) is 0 Å². The number of hydrogen-bond acceptors (Lipinski definition) is 3. The van der Waals surface area contributed by atoms with Gasteiger partial charge in [0.25, 0.3) is 0 Å². The fourth-order valence-electron chi connectivity index (χ4n) is 2.61. The monoisotopic (exact) mass is 244 g/mol. The lowest BCUT2D eigenvalue weighted by molar-refractivity contribution is -0.174. The summed E-state index contributed by atoms with van der Waals surface area (Å²) in [6.07, 6.45) is 0.0880. The number of hydrogen-bond donors (Lipinski definition) is 3. The fraction of sp³-hybridized carbons (Fsp3) is 0.727. The highest BCUT2D eigenvalue weighted by Crippen LogP contribution is 2.50. The Morgan fingerprint density at radius 3 is 1.94 bits per heavy atom. The van der Waals surface area contributed by atoms with Crippen molar-refractivity contribution >= 4 is 17.9 Å². The topological polar surface area (TPSA) is 112 Å². The van der Waals surface area contributed by atoms with Gasteiger partial charge in [0.15, 0.2) is 0 Å². The standard InChI is InChI=1S/C11H16O6/c1-10(8(14)15)4-3-6(7(12)13)11(2,5-10)9(16)17/h6H,3-5H2,1-2H3,(H,12,13)(H,14,15)(H,16,17). The van der Waals surface area contributed by atoms with Crippen molar-refractivity contribution in [2.24, 2.45) is 16.7 Å². The van der Waals surface area contributed by atoms with Crippen LogP contribution in [0.15, 0.2) is 0 Å². The average molecular weight is 244 g/mol. The van der Waals surface area contributed by atoms with E-state index in [-0.39, 0.29) is 19.3 Å². The highest BCUT2D eigenvalue weighted by Gasteiger charge is 2.55. The summed E-state index contributed by atoms with van der Waals surface area (Å²) < 4.78 is 0. The minimum atomic E-state index is -1.53. The molecule has 1 aliphatic carbocycles. The van der Waals surface area contributed by atoms with Gasteiger partial charge in [-0.3, -0.25) is 14.4 Å². The van der Waals surface area contributed by atoms with E-state index < -0.39 is 34.7 Å². The zero-order valence-electron chi connectivity index (χ0n) is 9.77. The molecule has 3 unspecified atom stereocenters. The first-order valence-corrected chi connectivity index (χ1v) is 5.33. The molecule has 1 aliphatic rings. The van der Waals surface area contributed by atoms with Crippen molar-refractivity contribution in [1.82, 2.24) is 0 Å². The minimum absolute atomic E-state index is 0.0704. The maximum atomic E-state index is 11.2. The van der Waals surface area contributed by atoms with Gasteiger partial charge in [-0.2, -0.15) is 0 Å². The lowest BCUT2D eigenvalue weighted by atomic mass is 9.58. The van der Waals surface area contributed by atoms with Crippen LogP contribution in [0, 0.1) is 16.7 Å². The molecule has 0 spiro atoms. The largest absolute Gasteiger partial charge is 0.481 e. The second-order valence-electron chi connectivity index (χ2n) is 5.19. The van der Waals surface area contributed by atoms with Gasteiger partial charge in [0.2, 0.25) is 0 Å². The summed E-state index contributed by atoms with van der Waals surface area (Å²) in [7, 11) is 0. The van der Waals surface area contributed by atoms with E-state index in [2.05, 4.69) is 0 Å². The molecule has 0 heterocycles. The molecule has 0 aromatic carbocycles. The predicted molar refractivity (Wildman–Crippen MR) is 56.5 cm³/mol. The Bertz CT molecular complexity index is 376. The van der Waals surface area contributed by atoms with Gasteiger partial charge in [0.05, 0.1) is 16.7 Å². The van der Waals surface area contributed by atoms with Crippen LogP contribution in [0.1, 0.15) is 33.1 Å². The zero-order valence-corrected chi connectivity index (χ0v) is 9.77. The van der Waals surface area contributed by atoms with E-state index in [0.717, 1.165) is 0 Å². The second kappa shape index (κ2) is 4.01. The van der Waals surface area contributed by atoms with Gasteiger partial charge in [0.1, 0.15) is 0 Å². The molecule has 0 saturated heterocycles. The van der Waals surface area contributed by atoms with Crippen molar-refractivity contribution in [2.45, 2.75) is 33.1 Å². The summed E-state index contributed by atoms with van der Waals surface area (Å²) in [5, 5.41) is 27.3. The number of carboxylic acids is 3. The average Bonchev–Trinajstić information content (AvgIpc) is 2.16. The molecule has 17 heavy (non-hydrogen) atoms. The van der Waals surface area contributed by atoms with Gasteiger partial charge in [-0.05, 0) is 33.1 Å². The molecule has 1 rings (SSSR count). The lowest BCUT2D eigenvalue weighted by Crippen LogP contribution is -2.50. The van der Waals surface area contributed by atoms with Crippen LogP contribution in [0.4, 0.5) is 0 Å². The Morgan fingerprint density at radius 2 is 1.59 bits per heavy atom. The fourth-order valence-corrected chi connectivity index (χ4v) is 2.61. The summed E-state index contributed by atoms with van der Waals surface area (Å²) in [6, 6.07) is 0. The maximum Gasteiger partial charge on any atom is 0.310 e. The van der Waals surface area contributed by atoms with Crippen LogP contribution < -0.4 is 0 Å². The summed E-state index contributed by atoms with van der Waals surface area (Å²) in [6.45, 7) is 2.78. The van der Waals surface area contributed by atoms with Crippen molar-refractivity contribution in [1.29, 1.82) is 0 Å². The molecule has 3 atom stereocenters. The van der Waals surface area contributed by atoms with Crippen molar-refractivity contribution in [3.8, 4) is 0 Å². The highest BCUT2D eigenvalue weighted by atomic mass is 16.4. The highest BCUT2D eigenvalue weighted by molar-refractivity contribution is 5.85. The Balaban J connectivity index is 3.13. The van der Waals surface area contributed by atoms with E-state index in [1.54, 1.807) is 0 Å². The van der Waals surface area contributed by atoms with E-state index in [0.29, 0.717) is 0 Å². The third kappa shape index (κ3) is 2.11. The lowest BCUT2D eigenvalue weighted by Gasteiger charge is -2.43. The molecule has 0 bridgehead atoms. The smallest absolute Gasteiger partial charge is 0.310 e. The van der Waals surface area contributed by atoms with Crippen molar-refractivity contribution in [3.63, 3.8) is 0 Å². The van der Waals surface area contributed by atoms with E-state index in [1.807, 2.05) is 0 Å². The Morgan fingerprint density at radius 1 is 1.06 bits per heavy atom. The Kier molecular flexibility index (Phi) is 3.18. The molecule has 6 heteroatoms. The quantitative estimate of drug-likeness (QED) is 0.684. The molecule has 96 valence electrons. The maximum absolute atomic E-state index is 11.2. The van der Waals surface area contributed by atoms with Crippen LogP contribution in [-0.4, -0.2) is 33.2 Å². The van der Waals surface area contributed by atoms with Crippen molar-refractivity contribution in [3.05, 3.63) is 0 Å². The van der Waals surface area contributed by atoms with Gasteiger partial charge >= 0.3 is 17.9 Å². The van der Waals surface area contributed by atoms with Gasteiger partial charge in [-0.15, -0.1) is 0 Å². The third-order valence-corrected chi connectivity index (χ3v) is 3.81. The first-order valence-electron chi connectivity index (χ1n) is 5.33. The van der Waals surface area contributed by atoms with Crippen LogP contribution in [0.2, 0.25) is 0 Å². The Hall–Kier alpha value is -1.59. The normalized spacial score (nSPS) is 37.4. The zero-order chi connectivity index (χ0) is 13.4. The van der Waals surface area contributed by atoms with Crippen LogP contribution in [-0.2, 0) is 14.4 Å². The van der Waals surface area contributed by atoms with E-state index in [4.69, 9.17) is 10.2 Å². The van der Waals surface area contributed by atoms with Crippen LogP contribution >= 0.6 is 0 Å². The number of aliphatic carboxylic acids is 3. The molecule has 0 aliphatic heterocycles. The molecule has 0 aromatic rings. The van der Waals surface area contributed by atoms with Crippen molar-refractivity contribution < 1.29 is 29.7 Å². The molecule has 1 fully saturated rings. The van der Waals surface area contributed by atoms with E-state index in [9.17, 15) is 19.5 Å². The van der Waals surface area contributed by atoms with Crippen LogP contribution in [0.25, 0.3) is 0 Å². The number of rotatable bonds is 3. The summed E-state index contributed by atoms with van der Waals surface area (Å²) in [5.74, 6) is -4.54. The van der Waals surface area contributed by atoms with Crippen LogP contribution in [0.3, 0.4) is 0 Å². The first-order chi connectivity index (χ1) is 7.63. The summed E-state index contributed by atoms with van der Waals surface area (Å²) in [4.78, 5) is 33.4. The number of carbonyl (C=O) groups is 3. The first kappa shape index (κ1) is 13.5. The molecule has 0 aromatic heterocycles. The SMILES string of the molecule is CC1(C(=O)O)CCC(C(=O)O)C(C)(C(=O)O)C1. The van der Waals surface area contributed by atoms with E-state index in [1.165, 1.54) is 13.8 Å². The Labute approximate surface area is 98.3 Å². The summed E-state index contributed by atoms with van der Waals surface area (Å²) in [5.41, 5.74) is -2.70. The van der Waals surface area contributed by atoms with E-state index >= 15 is 0 Å². The van der Waals surface area contributed by atoms with Gasteiger partial charge in [-0.1, -0.05) is 0 Å². The third-order valence-electron chi connectivity index (χ3n) is 3.81. The van der Waals surface area contributed by atoms with Crippen molar-refractivity contribution in [2.75, 3.05) is 0 Å².